The predicted molar refractivity (Wildman–Crippen MR) is 115 cm³/mol. The molecule has 2 rings (SSSR count). The standard InChI is InChI=1S/C22H32N3O7/c1-5-25(6-2,7-3)19-14-20(27)23(19)21(18(26)12-13-31-4)22(28)32-15-16-8-10-17(11-9-16)24(29)30/h8-11,19,21H,5-7,12-15H2,1-4H3/q+1. The Bertz CT molecular complexity index is 828. The van der Waals surface area contributed by atoms with Crippen molar-refractivity contribution in [2.24, 2.45) is 0 Å². The predicted octanol–water partition coefficient (Wildman–Crippen LogP) is 2.05. The summed E-state index contributed by atoms with van der Waals surface area (Å²) in [5, 5.41) is 10.8. The van der Waals surface area contributed by atoms with Crippen molar-refractivity contribution in [2.75, 3.05) is 33.4 Å². The fourth-order valence-electron chi connectivity index (χ4n) is 4.18. The molecule has 0 aromatic heterocycles. The largest absolute Gasteiger partial charge is 0.459 e. The quantitative estimate of drug-likeness (QED) is 0.113. The molecular formula is C22H32N3O7+. The second-order valence-corrected chi connectivity index (χ2v) is 7.80. The molecule has 1 aromatic rings. The van der Waals surface area contributed by atoms with Crippen LogP contribution in [-0.2, 0) is 30.5 Å². The number of non-ortho nitro benzene ring substituents is 1. The zero-order valence-electron chi connectivity index (χ0n) is 19.1. The first-order valence-electron chi connectivity index (χ1n) is 10.8. The van der Waals surface area contributed by atoms with Crippen molar-refractivity contribution in [3.8, 4) is 0 Å². The Morgan fingerprint density at radius 1 is 1.19 bits per heavy atom. The lowest BCUT2D eigenvalue weighted by Gasteiger charge is -2.53. The van der Waals surface area contributed by atoms with Crippen molar-refractivity contribution >= 4 is 23.3 Å². The zero-order valence-corrected chi connectivity index (χ0v) is 19.1. The van der Waals surface area contributed by atoms with Crippen LogP contribution in [0.4, 0.5) is 5.69 Å². The van der Waals surface area contributed by atoms with Crippen LogP contribution >= 0.6 is 0 Å². The number of nitro groups is 1. The molecule has 1 heterocycles. The van der Waals surface area contributed by atoms with Crippen molar-refractivity contribution < 1.29 is 33.3 Å². The van der Waals surface area contributed by atoms with E-state index in [2.05, 4.69) is 0 Å². The average molecular weight is 451 g/mol. The third kappa shape index (κ3) is 5.31. The third-order valence-electron chi connectivity index (χ3n) is 6.38. The van der Waals surface area contributed by atoms with Crippen LogP contribution < -0.4 is 0 Å². The molecule has 0 aliphatic carbocycles. The van der Waals surface area contributed by atoms with E-state index < -0.39 is 22.7 Å². The number of quaternary nitrogens is 1. The van der Waals surface area contributed by atoms with Gasteiger partial charge in [-0.05, 0) is 38.5 Å². The molecule has 2 unspecified atom stereocenters. The van der Waals surface area contributed by atoms with Gasteiger partial charge < -0.3 is 14.0 Å². The van der Waals surface area contributed by atoms with Crippen LogP contribution in [0.1, 0.15) is 39.2 Å². The van der Waals surface area contributed by atoms with E-state index in [1.807, 2.05) is 20.8 Å². The van der Waals surface area contributed by atoms with Gasteiger partial charge in [-0.1, -0.05) is 0 Å². The van der Waals surface area contributed by atoms with E-state index in [0.717, 1.165) is 19.6 Å². The lowest BCUT2D eigenvalue weighted by Crippen LogP contribution is -2.74. The molecule has 32 heavy (non-hydrogen) atoms. The molecule has 10 heteroatoms. The van der Waals surface area contributed by atoms with E-state index in [-0.39, 0.29) is 43.8 Å². The van der Waals surface area contributed by atoms with Crippen molar-refractivity contribution in [3.05, 3.63) is 39.9 Å². The average Bonchev–Trinajstić information content (AvgIpc) is 2.80. The number of nitrogens with zero attached hydrogens (tertiary/aromatic N) is 3. The van der Waals surface area contributed by atoms with E-state index >= 15 is 0 Å². The van der Waals surface area contributed by atoms with Crippen LogP contribution in [0.2, 0.25) is 0 Å². The molecule has 0 bridgehead atoms. The minimum Gasteiger partial charge on any atom is -0.459 e. The fraction of sp³-hybridized carbons (Fsp3) is 0.591. The Balaban J connectivity index is 2.23. The number of hydrogen-bond donors (Lipinski definition) is 0. The van der Waals surface area contributed by atoms with Gasteiger partial charge in [0.1, 0.15) is 6.61 Å². The summed E-state index contributed by atoms with van der Waals surface area (Å²) in [7, 11) is 1.46. The van der Waals surface area contributed by atoms with Gasteiger partial charge in [0.15, 0.2) is 18.0 Å². The molecule has 1 aromatic carbocycles. The highest BCUT2D eigenvalue weighted by Gasteiger charge is 2.55. The molecule has 1 fully saturated rings. The number of ether oxygens (including phenoxy) is 2. The van der Waals surface area contributed by atoms with Crippen LogP contribution in [0.15, 0.2) is 24.3 Å². The highest BCUT2D eigenvalue weighted by Crippen LogP contribution is 2.32. The molecule has 0 radical (unpaired) electrons. The monoisotopic (exact) mass is 450 g/mol. The number of amides is 1. The van der Waals surface area contributed by atoms with Crippen LogP contribution in [0, 0.1) is 10.1 Å². The molecule has 0 N–H and O–H groups in total. The molecule has 0 spiro atoms. The molecule has 1 saturated heterocycles. The number of β-lactam (4-membered cyclic amide) rings is 1. The van der Waals surface area contributed by atoms with Gasteiger partial charge in [-0.25, -0.2) is 4.79 Å². The lowest BCUT2D eigenvalue weighted by molar-refractivity contribution is -0.959. The summed E-state index contributed by atoms with van der Waals surface area (Å²) >= 11 is 0. The Morgan fingerprint density at radius 2 is 1.78 bits per heavy atom. The van der Waals surface area contributed by atoms with Gasteiger partial charge >= 0.3 is 5.97 Å². The number of Topliss-reactive ketones (excluding diaryl/α,β-unsaturated/α-hetero) is 1. The normalized spacial score (nSPS) is 16.9. The van der Waals surface area contributed by atoms with Gasteiger partial charge in [0, 0.05) is 25.7 Å². The van der Waals surface area contributed by atoms with Crippen molar-refractivity contribution in [2.45, 2.75) is 52.4 Å². The Hall–Kier alpha value is -2.85. The number of methoxy groups -OCH3 is 1. The van der Waals surface area contributed by atoms with Gasteiger partial charge in [-0.2, -0.15) is 0 Å². The van der Waals surface area contributed by atoms with E-state index in [9.17, 15) is 24.5 Å². The van der Waals surface area contributed by atoms with Gasteiger partial charge in [-0.3, -0.25) is 24.6 Å². The maximum atomic E-state index is 13.0. The Morgan fingerprint density at radius 3 is 2.25 bits per heavy atom. The minimum absolute atomic E-state index is 0.0192. The molecule has 1 aliphatic heterocycles. The number of carbonyl (C=O) groups is 3. The number of nitro benzene ring substituents is 1. The topological polar surface area (TPSA) is 116 Å². The maximum Gasteiger partial charge on any atom is 0.337 e. The van der Waals surface area contributed by atoms with Crippen molar-refractivity contribution in [1.82, 2.24) is 4.90 Å². The van der Waals surface area contributed by atoms with Gasteiger partial charge in [0.05, 0.1) is 37.6 Å². The summed E-state index contributed by atoms with van der Waals surface area (Å²) in [4.78, 5) is 50.2. The van der Waals surface area contributed by atoms with Crippen molar-refractivity contribution in [1.29, 1.82) is 0 Å². The maximum absolute atomic E-state index is 13.0. The van der Waals surface area contributed by atoms with E-state index in [0.29, 0.717) is 10.0 Å². The van der Waals surface area contributed by atoms with Crippen molar-refractivity contribution in [3.63, 3.8) is 0 Å². The van der Waals surface area contributed by atoms with Gasteiger partial charge in [0.25, 0.3) is 5.69 Å². The number of rotatable bonds is 13. The number of ketones is 1. The number of esters is 1. The summed E-state index contributed by atoms with van der Waals surface area (Å²) in [6.45, 7) is 8.35. The summed E-state index contributed by atoms with van der Waals surface area (Å²) in [6, 6.07) is 4.26. The van der Waals surface area contributed by atoms with Crippen LogP contribution in [-0.4, -0.2) is 77.5 Å². The molecule has 176 valence electrons. The Kier molecular flexibility index (Phi) is 8.85. The molecule has 2 atom stereocenters. The summed E-state index contributed by atoms with van der Waals surface area (Å²) in [5.41, 5.74) is 0.467. The van der Waals surface area contributed by atoms with E-state index in [1.165, 1.54) is 36.3 Å². The lowest BCUT2D eigenvalue weighted by atomic mass is 9.97. The summed E-state index contributed by atoms with van der Waals surface area (Å²) < 4.78 is 11.0. The van der Waals surface area contributed by atoms with Crippen LogP contribution in [0.25, 0.3) is 0 Å². The van der Waals surface area contributed by atoms with Gasteiger partial charge in [-0.15, -0.1) is 0 Å². The number of carbonyl (C=O) groups excluding carboxylic acids is 3. The van der Waals surface area contributed by atoms with Crippen LogP contribution in [0.5, 0.6) is 0 Å². The SMILES string of the molecule is CC[N+](CC)(CC)C1CC(=O)N1C(C(=O)CCOC)C(=O)OCc1ccc([N+](=O)[O-])cc1. The zero-order chi connectivity index (χ0) is 23.9. The first-order valence-corrected chi connectivity index (χ1v) is 10.8. The molecule has 10 nitrogen and oxygen atoms in total. The minimum atomic E-state index is -1.34. The third-order valence-corrected chi connectivity index (χ3v) is 6.38. The summed E-state index contributed by atoms with van der Waals surface area (Å²) in [6.07, 6.45) is -0.0145. The summed E-state index contributed by atoms with van der Waals surface area (Å²) in [5.74, 6) is -1.49. The molecular weight excluding hydrogens is 418 g/mol. The fourth-order valence-corrected chi connectivity index (χ4v) is 4.18. The molecule has 1 aliphatic rings. The van der Waals surface area contributed by atoms with Crippen LogP contribution in [0.3, 0.4) is 0 Å². The molecule has 0 saturated carbocycles. The highest BCUT2D eigenvalue weighted by atomic mass is 16.6. The van der Waals surface area contributed by atoms with Gasteiger partial charge in [0.2, 0.25) is 5.91 Å². The number of likely N-dealkylation sites (tertiary alicyclic amines) is 1. The van der Waals surface area contributed by atoms with E-state index in [1.54, 1.807) is 0 Å². The van der Waals surface area contributed by atoms with E-state index in [4.69, 9.17) is 9.47 Å². The number of benzene rings is 1. The second kappa shape index (κ2) is 11.1. The number of hydrogen-bond acceptors (Lipinski definition) is 7. The molecule has 1 amide bonds. The second-order valence-electron chi connectivity index (χ2n) is 7.80. The Labute approximate surface area is 187 Å². The first-order chi connectivity index (χ1) is 15.2. The highest BCUT2D eigenvalue weighted by molar-refractivity contribution is 6.07. The first kappa shape index (κ1) is 25.4. The smallest absolute Gasteiger partial charge is 0.337 e.